The number of carbonyl (C=O) groups excluding carboxylic acids is 1. The third kappa shape index (κ3) is 2.04. The van der Waals surface area contributed by atoms with Crippen LogP contribution in [0, 0.1) is 6.92 Å². The van der Waals surface area contributed by atoms with Gasteiger partial charge in [0, 0.05) is 12.7 Å². The van der Waals surface area contributed by atoms with Crippen LogP contribution in [0.25, 0.3) is 0 Å². The van der Waals surface area contributed by atoms with Crippen molar-refractivity contribution >= 4 is 27.7 Å². The van der Waals surface area contributed by atoms with E-state index in [4.69, 9.17) is 5.73 Å². The molecule has 0 saturated carbocycles. The molecular formula is C11H14BrN3O. The minimum Gasteiger partial charge on any atom is -0.368 e. The number of rotatable bonds is 2. The third-order valence-corrected chi connectivity index (χ3v) is 3.40. The van der Waals surface area contributed by atoms with Crippen molar-refractivity contribution in [2.45, 2.75) is 25.8 Å². The lowest BCUT2D eigenvalue weighted by atomic mass is 10.2. The number of hydrogen-bond acceptors (Lipinski definition) is 3. The van der Waals surface area contributed by atoms with Gasteiger partial charge >= 0.3 is 0 Å². The van der Waals surface area contributed by atoms with Gasteiger partial charge in [0.2, 0.25) is 5.91 Å². The Hall–Kier alpha value is -1.10. The van der Waals surface area contributed by atoms with Gasteiger partial charge < -0.3 is 10.6 Å². The summed E-state index contributed by atoms with van der Waals surface area (Å²) in [7, 11) is 0. The molecule has 0 spiro atoms. The normalized spacial score (nSPS) is 20.1. The highest BCUT2D eigenvalue weighted by molar-refractivity contribution is 9.10. The van der Waals surface area contributed by atoms with Crippen LogP contribution in [-0.2, 0) is 4.79 Å². The summed E-state index contributed by atoms with van der Waals surface area (Å²) in [5, 5.41) is 0. The molecule has 0 aliphatic carbocycles. The molecule has 2 N–H and O–H groups in total. The molecule has 5 heteroatoms. The Morgan fingerprint density at radius 2 is 2.44 bits per heavy atom. The quantitative estimate of drug-likeness (QED) is 0.897. The Morgan fingerprint density at radius 1 is 1.69 bits per heavy atom. The predicted octanol–water partition coefficient (Wildman–Crippen LogP) is 1.61. The maximum atomic E-state index is 11.3. The molecule has 0 bridgehead atoms. The van der Waals surface area contributed by atoms with Crippen LogP contribution in [0.1, 0.15) is 18.4 Å². The molecule has 1 amide bonds. The monoisotopic (exact) mass is 283 g/mol. The van der Waals surface area contributed by atoms with Gasteiger partial charge in [0.15, 0.2) is 0 Å². The van der Waals surface area contributed by atoms with Crippen molar-refractivity contribution in [2.24, 2.45) is 5.73 Å². The number of amides is 1. The molecule has 1 saturated heterocycles. The summed E-state index contributed by atoms with van der Waals surface area (Å²) in [5.41, 5.74) is 6.47. The van der Waals surface area contributed by atoms with Crippen molar-refractivity contribution in [3.05, 3.63) is 22.3 Å². The lowest BCUT2D eigenvalue weighted by Gasteiger charge is -2.24. The number of carbonyl (C=O) groups is 1. The average molecular weight is 284 g/mol. The van der Waals surface area contributed by atoms with E-state index in [9.17, 15) is 4.79 Å². The Morgan fingerprint density at radius 3 is 3.06 bits per heavy atom. The van der Waals surface area contributed by atoms with Crippen LogP contribution >= 0.6 is 15.9 Å². The van der Waals surface area contributed by atoms with E-state index in [1.807, 2.05) is 17.9 Å². The fraction of sp³-hybridized carbons (Fsp3) is 0.455. The fourth-order valence-electron chi connectivity index (χ4n) is 2.05. The van der Waals surface area contributed by atoms with Crippen molar-refractivity contribution in [1.82, 2.24) is 4.98 Å². The number of halogens is 1. The van der Waals surface area contributed by atoms with Gasteiger partial charge in [-0.15, -0.1) is 0 Å². The van der Waals surface area contributed by atoms with Gasteiger partial charge in [-0.3, -0.25) is 4.79 Å². The molecular weight excluding hydrogens is 270 g/mol. The number of aryl methyl sites for hydroxylation is 1. The second-order valence-electron chi connectivity index (χ2n) is 4.07. The van der Waals surface area contributed by atoms with E-state index in [2.05, 4.69) is 20.9 Å². The second-order valence-corrected chi connectivity index (χ2v) is 4.93. The molecule has 16 heavy (non-hydrogen) atoms. The first kappa shape index (κ1) is 11.4. The van der Waals surface area contributed by atoms with E-state index in [1.54, 1.807) is 6.20 Å². The number of anilines is 1. The average Bonchev–Trinajstić information content (AvgIpc) is 2.66. The van der Waals surface area contributed by atoms with Crippen molar-refractivity contribution in [1.29, 1.82) is 0 Å². The van der Waals surface area contributed by atoms with Crippen LogP contribution in [0.3, 0.4) is 0 Å². The van der Waals surface area contributed by atoms with Gasteiger partial charge in [0.1, 0.15) is 11.9 Å². The zero-order valence-corrected chi connectivity index (χ0v) is 10.7. The van der Waals surface area contributed by atoms with Gasteiger partial charge in [-0.25, -0.2) is 4.98 Å². The Bertz CT molecular complexity index is 422. The number of pyridine rings is 1. The maximum absolute atomic E-state index is 11.3. The molecule has 4 nitrogen and oxygen atoms in total. The van der Waals surface area contributed by atoms with E-state index < -0.39 is 0 Å². The molecule has 1 unspecified atom stereocenters. The number of hydrogen-bond donors (Lipinski definition) is 1. The fourth-order valence-corrected chi connectivity index (χ4v) is 2.74. The minimum absolute atomic E-state index is 0.216. The summed E-state index contributed by atoms with van der Waals surface area (Å²) in [4.78, 5) is 17.6. The van der Waals surface area contributed by atoms with E-state index >= 15 is 0 Å². The summed E-state index contributed by atoms with van der Waals surface area (Å²) >= 11 is 3.48. The molecule has 0 aromatic carbocycles. The van der Waals surface area contributed by atoms with E-state index in [0.29, 0.717) is 0 Å². The highest BCUT2D eigenvalue weighted by atomic mass is 79.9. The van der Waals surface area contributed by atoms with Crippen LogP contribution in [0.2, 0.25) is 0 Å². The topological polar surface area (TPSA) is 59.2 Å². The van der Waals surface area contributed by atoms with Crippen molar-refractivity contribution in [2.75, 3.05) is 11.4 Å². The molecule has 86 valence electrons. The summed E-state index contributed by atoms with van der Waals surface area (Å²) in [6.45, 7) is 2.82. The Kier molecular flexibility index (Phi) is 3.14. The van der Waals surface area contributed by atoms with Crippen LogP contribution in [0.5, 0.6) is 0 Å². The van der Waals surface area contributed by atoms with E-state index in [1.165, 1.54) is 0 Å². The van der Waals surface area contributed by atoms with Gasteiger partial charge in [0.25, 0.3) is 0 Å². The van der Waals surface area contributed by atoms with Gasteiger partial charge in [0.05, 0.1) is 4.47 Å². The Labute approximate surface area is 103 Å². The van der Waals surface area contributed by atoms with E-state index in [0.717, 1.165) is 35.2 Å². The Balaban J connectivity index is 2.32. The minimum atomic E-state index is -0.272. The zero-order valence-electron chi connectivity index (χ0n) is 9.11. The van der Waals surface area contributed by atoms with Gasteiger partial charge in [-0.05, 0) is 47.3 Å². The summed E-state index contributed by atoms with van der Waals surface area (Å²) in [6, 6.07) is 1.78. The standard InChI is InChI=1S/C11H14BrN3O/c1-7-5-8(12)11(14-6-7)15-4-2-3-9(15)10(13)16/h5-6,9H,2-4H2,1H3,(H2,13,16). The number of nitrogens with two attached hydrogens (primary N) is 1. The van der Waals surface area contributed by atoms with Gasteiger partial charge in [-0.2, -0.15) is 0 Å². The predicted molar refractivity (Wildman–Crippen MR) is 66.2 cm³/mol. The van der Waals surface area contributed by atoms with Crippen LogP contribution in [0.4, 0.5) is 5.82 Å². The molecule has 1 aliphatic heterocycles. The lowest BCUT2D eigenvalue weighted by molar-refractivity contribution is -0.119. The van der Waals surface area contributed by atoms with Gasteiger partial charge in [-0.1, -0.05) is 0 Å². The van der Waals surface area contributed by atoms with Crippen molar-refractivity contribution < 1.29 is 4.79 Å². The first-order chi connectivity index (χ1) is 7.59. The SMILES string of the molecule is Cc1cnc(N2CCCC2C(N)=O)c(Br)c1. The lowest BCUT2D eigenvalue weighted by Crippen LogP contribution is -2.40. The largest absolute Gasteiger partial charge is 0.368 e. The molecule has 1 aromatic rings. The van der Waals surface area contributed by atoms with Crippen LogP contribution < -0.4 is 10.6 Å². The van der Waals surface area contributed by atoms with E-state index in [-0.39, 0.29) is 11.9 Å². The highest BCUT2D eigenvalue weighted by Gasteiger charge is 2.30. The van der Waals surface area contributed by atoms with Crippen molar-refractivity contribution in [3.8, 4) is 0 Å². The number of nitrogens with zero attached hydrogens (tertiary/aromatic N) is 2. The number of aromatic nitrogens is 1. The molecule has 1 fully saturated rings. The first-order valence-electron chi connectivity index (χ1n) is 5.27. The van der Waals surface area contributed by atoms with Crippen LogP contribution in [0.15, 0.2) is 16.7 Å². The van der Waals surface area contributed by atoms with Crippen molar-refractivity contribution in [3.63, 3.8) is 0 Å². The first-order valence-corrected chi connectivity index (χ1v) is 6.07. The third-order valence-electron chi connectivity index (χ3n) is 2.81. The smallest absolute Gasteiger partial charge is 0.240 e. The zero-order chi connectivity index (χ0) is 11.7. The molecule has 1 aromatic heterocycles. The summed E-state index contributed by atoms with van der Waals surface area (Å²) in [6.07, 6.45) is 3.60. The molecule has 2 rings (SSSR count). The number of primary amides is 1. The molecule has 1 aliphatic rings. The maximum Gasteiger partial charge on any atom is 0.240 e. The molecule has 0 radical (unpaired) electrons. The molecule has 1 atom stereocenters. The summed E-state index contributed by atoms with van der Waals surface area (Å²) < 4.78 is 0.917. The summed E-state index contributed by atoms with van der Waals surface area (Å²) in [5.74, 6) is 0.540. The highest BCUT2D eigenvalue weighted by Crippen LogP contribution is 2.30. The molecule has 2 heterocycles. The van der Waals surface area contributed by atoms with Crippen LogP contribution in [-0.4, -0.2) is 23.5 Å². The second kappa shape index (κ2) is 4.41.